The minimum atomic E-state index is -5.94. The number of benzene rings is 1. The predicted molar refractivity (Wildman–Crippen MR) is 52.7 cm³/mol. The second kappa shape index (κ2) is 4.61. The third-order valence-electron chi connectivity index (χ3n) is 2.33. The number of rotatable bonds is 3. The molecule has 0 amide bonds. The Labute approximate surface area is 102 Å². The highest BCUT2D eigenvalue weighted by Gasteiger charge is 2.62. The van der Waals surface area contributed by atoms with Crippen molar-refractivity contribution in [1.29, 1.82) is 0 Å². The molecule has 3 N–H and O–H groups in total. The fraction of sp³-hybridized carbons (Fsp3) is 0.333. The average molecular weight is 286 g/mol. The monoisotopic (exact) mass is 286 g/mol. The second-order valence-corrected chi connectivity index (χ2v) is 3.60. The number of non-ortho nitro benzene ring substituents is 1. The number of phenols is 1. The van der Waals surface area contributed by atoms with Crippen molar-refractivity contribution < 1.29 is 32.0 Å². The van der Waals surface area contributed by atoms with Gasteiger partial charge in [-0.1, -0.05) is 0 Å². The maximum atomic E-state index is 13.0. The molecule has 0 radical (unpaired) electrons. The second-order valence-electron chi connectivity index (χ2n) is 3.60. The molecule has 0 aliphatic carbocycles. The van der Waals surface area contributed by atoms with E-state index in [0.29, 0.717) is 12.1 Å². The van der Waals surface area contributed by atoms with Crippen LogP contribution in [0.1, 0.15) is 11.6 Å². The molecule has 1 aromatic rings. The van der Waals surface area contributed by atoms with Gasteiger partial charge in [0.1, 0.15) is 11.8 Å². The number of nitrogens with two attached hydrogens (primary N) is 1. The van der Waals surface area contributed by atoms with Gasteiger partial charge in [0, 0.05) is 17.7 Å². The van der Waals surface area contributed by atoms with Gasteiger partial charge in [0.05, 0.1) is 4.92 Å². The lowest BCUT2D eigenvalue weighted by Gasteiger charge is -2.26. The summed E-state index contributed by atoms with van der Waals surface area (Å²) in [5.41, 5.74) is 2.95. The Bertz CT molecular complexity index is 503. The molecule has 0 bridgehead atoms. The smallest absolute Gasteiger partial charge is 0.455 e. The third kappa shape index (κ3) is 2.72. The normalized spacial score (nSPS) is 14.2. The fourth-order valence-corrected chi connectivity index (χ4v) is 1.28. The van der Waals surface area contributed by atoms with E-state index in [1.807, 2.05) is 0 Å². The summed E-state index contributed by atoms with van der Waals surface area (Å²) in [6.45, 7) is 0. The van der Waals surface area contributed by atoms with Crippen LogP contribution in [0.4, 0.5) is 27.6 Å². The average Bonchev–Trinajstić information content (AvgIpc) is 2.26. The molecule has 0 saturated heterocycles. The van der Waals surface area contributed by atoms with Gasteiger partial charge in [0.25, 0.3) is 5.69 Å². The number of hydrogen-bond acceptors (Lipinski definition) is 4. The molecule has 0 fully saturated rings. The molecule has 1 atom stereocenters. The van der Waals surface area contributed by atoms with Crippen molar-refractivity contribution in [2.24, 2.45) is 5.73 Å². The van der Waals surface area contributed by atoms with Crippen LogP contribution in [-0.2, 0) is 0 Å². The van der Waals surface area contributed by atoms with E-state index in [1.54, 1.807) is 0 Å². The molecular weight excluding hydrogens is 279 g/mol. The van der Waals surface area contributed by atoms with Crippen LogP contribution >= 0.6 is 0 Å². The Balaban J connectivity index is 3.30. The highest BCUT2D eigenvalue weighted by molar-refractivity contribution is 5.45. The van der Waals surface area contributed by atoms with Crippen LogP contribution in [0.15, 0.2) is 18.2 Å². The van der Waals surface area contributed by atoms with Gasteiger partial charge in [0.2, 0.25) is 0 Å². The van der Waals surface area contributed by atoms with Gasteiger partial charge in [-0.2, -0.15) is 22.0 Å². The Kier molecular flexibility index (Phi) is 3.66. The van der Waals surface area contributed by atoms with Gasteiger partial charge in [-0.15, -0.1) is 0 Å². The highest BCUT2D eigenvalue weighted by atomic mass is 19.4. The molecule has 106 valence electrons. The van der Waals surface area contributed by atoms with E-state index in [1.165, 1.54) is 0 Å². The lowest BCUT2D eigenvalue weighted by Crippen LogP contribution is -2.45. The zero-order valence-corrected chi connectivity index (χ0v) is 8.99. The lowest BCUT2D eigenvalue weighted by molar-refractivity contribution is -0.385. The van der Waals surface area contributed by atoms with E-state index in [0.717, 1.165) is 6.07 Å². The van der Waals surface area contributed by atoms with E-state index in [9.17, 15) is 37.2 Å². The topological polar surface area (TPSA) is 89.4 Å². The number of aromatic hydroxyl groups is 1. The number of nitro groups is 1. The summed E-state index contributed by atoms with van der Waals surface area (Å²) >= 11 is 0. The summed E-state index contributed by atoms with van der Waals surface area (Å²) in [5.74, 6) is -6.32. The van der Waals surface area contributed by atoms with E-state index < -0.39 is 40.1 Å². The van der Waals surface area contributed by atoms with Gasteiger partial charge in [0.15, 0.2) is 0 Å². The first-order chi connectivity index (χ1) is 8.48. The molecular formula is C9H7F5N2O3. The van der Waals surface area contributed by atoms with Gasteiger partial charge in [-0.05, 0) is 6.07 Å². The Morgan fingerprint density at radius 3 is 2.21 bits per heavy atom. The molecule has 0 aromatic heterocycles. The molecule has 0 unspecified atom stereocenters. The molecule has 0 aliphatic rings. The van der Waals surface area contributed by atoms with Crippen LogP contribution in [-0.4, -0.2) is 22.1 Å². The minimum Gasteiger partial charge on any atom is -0.508 e. The fourth-order valence-electron chi connectivity index (χ4n) is 1.28. The number of hydrogen-bond donors (Lipinski definition) is 2. The van der Waals surface area contributed by atoms with Crippen LogP contribution in [0.5, 0.6) is 5.75 Å². The SMILES string of the molecule is N[C@@H](c1cc([N+](=O)[O-])ccc1O)C(F)(F)C(F)(F)F. The zero-order chi connectivity index (χ0) is 15.0. The summed E-state index contributed by atoms with van der Waals surface area (Å²) in [6.07, 6.45) is -5.94. The van der Waals surface area contributed by atoms with Crippen LogP contribution < -0.4 is 5.73 Å². The van der Waals surface area contributed by atoms with Crippen molar-refractivity contribution >= 4 is 5.69 Å². The maximum absolute atomic E-state index is 13.0. The molecule has 10 heteroatoms. The maximum Gasteiger partial charge on any atom is 0.455 e. The van der Waals surface area contributed by atoms with Crippen molar-refractivity contribution in [3.63, 3.8) is 0 Å². The number of nitrogens with zero attached hydrogens (tertiary/aromatic N) is 1. The van der Waals surface area contributed by atoms with Gasteiger partial charge >= 0.3 is 12.1 Å². The lowest BCUT2D eigenvalue weighted by atomic mass is 9.99. The molecule has 1 rings (SSSR count). The third-order valence-corrected chi connectivity index (χ3v) is 2.33. The van der Waals surface area contributed by atoms with Crippen LogP contribution in [0.3, 0.4) is 0 Å². The Hall–Kier alpha value is -1.97. The molecule has 1 aromatic carbocycles. The zero-order valence-electron chi connectivity index (χ0n) is 8.99. The quantitative estimate of drug-likeness (QED) is 0.507. The number of nitro benzene ring substituents is 1. The summed E-state index contributed by atoms with van der Waals surface area (Å²) in [4.78, 5) is 9.39. The largest absolute Gasteiger partial charge is 0.508 e. The summed E-state index contributed by atoms with van der Waals surface area (Å²) < 4.78 is 62.3. The Morgan fingerprint density at radius 1 is 1.26 bits per heavy atom. The van der Waals surface area contributed by atoms with Gasteiger partial charge < -0.3 is 10.8 Å². The van der Waals surface area contributed by atoms with Crippen molar-refractivity contribution in [3.8, 4) is 5.75 Å². The first kappa shape index (κ1) is 15.1. The van der Waals surface area contributed by atoms with Crippen LogP contribution in [0.2, 0.25) is 0 Å². The van der Waals surface area contributed by atoms with E-state index in [-0.39, 0.29) is 0 Å². The first-order valence-corrected chi connectivity index (χ1v) is 4.66. The van der Waals surface area contributed by atoms with Crippen molar-refractivity contribution in [2.45, 2.75) is 18.1 Å². The molecule has 0 spiro atoms. The van der Waals surface area contributed by atoms with Crippen LogP contribution in [0, 0.1) is 10.1 Å². The predicted octanol–water partition coefficient (Wildman–Crippen LogP) is 2.50. The Morgan fingerprint density at radius 2 is 1.79 bits per heavy atom. The van der Waals surface area contributed by atoms with Gasteiger partial charge in [-0.25, -0.2) is 0 Å². The molecule has 0 saturated carbocycles. The standard InChI is InChI=1S/C9H7F5N2O3/c10-8(11,9(12,13)14)7(15)5-3-4(16(18)19)1-2-6(5)17/h1-3,7,17H,15H2/t7-/m0/s1. The molecule has 19 heavy (non-hydrogen) atoms. The molecule has 5 nitrogen and oxygen atoms in total. The summed E-state index contributed by atoms with van der Waals surface area (Å²) in [5, 5.41) is 19.6. The van der Waals surface area contributed by atoms with Crippen molar-refractivity contribution in [1.82, 2.24) is 0 Å². The van der Waals surface area contributed by atoms with Gasteiger partial charge in [-0.3, -0.25) is 10.1 Å². The minimum absolute atomic E-state index is 0.375. The number of phenolic OH excluding ortho intramolecular Hbond substituents is 1. The number of alkyl halides is 5. The molecule has 0 aliphatic heterocycles. The van der Waals surface area contributed by atoms with E-state index in [2.05, 4.69) is 0 Å². The van der Waals surface area contributed by atoms with E-state index in [4.69, 9.17) is 5.73 Å². The first-order valence-electron chi connectivity index (χ1n) is 4.66. The summed E-state index contributed by atoms with van der Waals surface area (Å²) in [7, 11) is 0. The van der Waals surface area contributed by atoms with Crippen molar-refractivity contribution in [2.75, 3.05) is 0 Å². The summed E-state index contributed by atoms with van der Waals surface area (Å²) in [6, 6.07) is -1.20. The van der Waals surface area contributed by atoms with Crippen molar-refractivity contribution in [3.05, 3.63) is 33.9 Å². The van der Waals surface area contributed by atoms with Crippen LogP contribution in [0.25, 0.3) is 0 Å². The highest BCUT2D eigenvalue weighted by Crippen LogP contribution is 2.45. The van der Waals surface area contributed by atoms with E-state index >= 15 is 0 Å². The molecule has 0 heterocycles. The number of halogens is 5.